The van der Waals surface area contributed by atoms with Crippen LogP contribution in [0.3, 0.4) is 0 Å². The van der Waals surface area contributed by atoms with Gasteiger partial charge >= 0.3 is 0 Å². The van der Waals surface area contributed by atoms with Crippen molar-refractivity contribution in [3.63, 3.8) is 0 Å². The summed E-state index contributed by atoms with van der Waals surface area (Å²) in [6.07, 6.45) is 2.74. The number of hydrogen-bond donors (Lipinski definition) is 6. The number of H-pyrrole nitrogens is 1. The Morgan fingerprint density at radius 2 is 1.60 bits per heavy atom. The minimum Gasteiger partial charge on any atom is -0.508 e. The number of piperidine rings is 1. The normalized spacial score (nSPS) is 14.6. The number of aromatic hydroxyl groups is 2. The van der Waals surface area contributed by atoms with Crippen molar-refractivity contribution in [3.05, 3.63) is 135 Å². The smallest absolute Gasteiger partial charge is 0.290 e. The number of aliphatic hydroxyl groups is 1. The molecule has 11 heteroatoms. The first kappa shape index (κ1) is 39.0. The van der Waals surface area contributed by atoms with Gasteiger partial charge in [0.25, 0.3) is 6.47 Å². The van der Waals surface area contributed by atoms with E-state index in [0.717, 1.165) is 68.8 Å². The van der Waals surface area contributed by atoms with Gasteiger partial charge in [-0.15, -0.1) is 0 Å². The molecule has 1 fully saturated rings. The molecule has 0 unspecified atom stereocenters. The number of nitrogens with zero attached hydrogens (tertiary/aromatic N) is 1. The lowest BCUT2D eigenvalue weighted by Gasteiger charge is -2.43. The lowest BCUT2D eigenvalue weighted by molar-refractivity contribution is -0.122. The van der Waals surface area contributed by atoms with Crippen molar-refractivity contribution in [2.24, 2.45) is 0 Å². The number of hydrogen-bond acceptors (Lipinski definition) is 9. The quantitative estimate of drug-likeness (QED) is 0.0600. The molecule has 280 valence electrons. The van der Waals surface area contributed by atoms with E-state index in [2.05, 4.69) is 45.5 Å². The SMILES string of the molecule is COCCN1CCC(c2ccccc2)(c2cc(CCCOc3ccc(CNC[C@H](O)c4ccc(O)c5[nH]c(=O)ccc45)cc3)ccc2O)CC1.O=CO. The summed E-state index contributed by atoms with van der Waals surface area (Å²) in [6.45, 7) is 4.73. The maximum atomic E-state index is 11.7. The first-order chi connectivity index (χ1) is 25.8. The van der Waals surface area contributed by atoms with Gasteiger partial charge in [-0.05, 0) is 91.4 Å². The molecule has 0 spiro atoms. The van der Waals surface area contributed by atoms with Gasteiger partial charge in [0.15, 0.2) is 0 Å². The molecule has 0 radical (unpaired) electrons. The fourth-order valence-corrected chi connectivity index (χ4v) is 7.15. The van der Waals surface area contributed by atoms with Crippen LogP contribution in [0.5, 0.6) is 17.2 Å². The van der Waals surface area contributed by atoms with Gasteiger partial charge in [0, 0.05) is 49.2 Å². The fraction of sp³-hybridized carbons (Fsp3) is 0.333. The second-order valence-corrected chi connectivity index (χ2v) is 13.3. The molecule has 0 aliphatic carbocycles. The Bertz CT molecular complexity index is 1960. The zero-order valence-electron chi connectivity index (χ0n) is 30.0. The van der Waals surface area contributed by atoms with Crippen LogP contribution in [-0.2, 0) is 27.9 Å². The number of ether oxygens (including phenoxy) is 2. The number of phenolic OH excluding ortho intramolecular Hbond substituents is 2. The van der Waals surface area contributed by atoms with Gasteiger partial charge in [-0.3, -0.25) is 9.59 Å². The Morgan fingerprint density at radius 1 is 0.906 bits per heavy atom. The number of carboxylic acid groups (broad SMARTS) is 1. The first-order valence-corrected chi connectivity index (χ1v) is 17.9. The summed E-state index contributed by atoms with van der Waals surface area (Å²) in [5, 5.41) is 42.9. The van der Waals surface area contributed by atoms with Crippen LogP contribution in [0.2, 0.25) is 0 Å². The van der Waals surface area contributed by atoms with Crippen LogP contribution in [0.25, 0.3) is 10.9 Å². The summed E-state index contributed by atoms with van der Waals surface area (Å²) in [5.41, 5.74) is 4.91. The van der Waals surface area contributed by atoms with Crippen molar-refractivity contribution in [2.75, 3.05) is 46.5 Å². The van der Waals surface area contributed by atoms with Crippen LogP contribution in [-0.4, -0.2) is 83.3 Å². The van der Waals surface area contributed by atoms with Gasteiger partial charge in [-0.25, -0.2) is 0 Å². The molecule has 0 bridgehead atoms. The van der Waals surface area contributed by atoms with E-state index in [-0.39, 0.29) is 23.2 Å². The van der Waals surface area contributed by atoms with Crippen molar-refractivity contribution >= 4 is 17.4 Å². The molecule has 2 heterocycles. The Morgan fingerprint density at radius 3 is 2.32 bits per heavy atom. The van der Waals surface area contributed by atoms with E-state index in [1.807, 2.05) is 42.5 Å². The zero-order valence-corrected chi connectivity index (χ0v) is 30.0. The number of fused-ring (bicyclic) bond motifs is 1. The van der Waals surface area contributed by atoms with Gasteiger partial charge < -0.3 is 45.1 Å². The third-order valence-corrected chi connectivity index (χ3v) is 9.96. The summed E-state index contributed by atoms with van der Waals surface area (Å²) < 4.78 is 11.4. The van der Waals surface area contributed by atoms with Crippen molar-refractivity contribution in [1.82, 2.24) is 15.2 Å². The lowest BCUT2D eigenvalue weighted by Crippen LogP contribution is -2.44. The van der Waals surface area contributed by atoms with Crippen LogP contribution in [0, 0.1) is 0 Å². The maximum absolute atomic E-state index is 11.7. The van der Waals surface area contributed by atoms with Crippen LogP contribution >= 0.6 is 0 Å². The highest BCUT2D eigenvalue weighted by atomic mass is 16.5. The molecule has 6 rings (SSSR count). The largest absolute Gasteiger partial charge is 0.508 e. The van der Waals surface area contributed by atoms with E-state index in [0.29, 0.717) is 41.9 Å². The fourth-order valence-electron chi connectivity index (χ4n) is 7.15. The number of aromatic nitrogens is 1. The first-order valence-electron chi connectivity index (χ1n) is 17.9. The number of aromatic amines is 1. The molecule has 1 aliphatic heterocycles. The number of methoxy groups -OCH3 is 1. The van der Waals surface area contributed by atoms with Gasteiger partial charge in [-0.1, -0.05) is 60.7 Å². The minimum atomic E-state index is -0.820. The molecule has 0 saturated carbocycles. The Labute approximate surface area is 309 Å². The van der Waals surface area contributed by atoms with E-state index in [9.17, 15) is 20.1 Å². The Balaban J connectivity index is 0.00000175. The summed E-state index contributed by atoms with van der Waals surface area (Å²) in [4.78, 5) is 25.1. The number of likely N-dealkylation sites (tertiary alicyclic amines) is 1. The van der Waals surface area contributed by atoms with Gasteiger partial charge in [0.2, 0.25) is 5.56 Å². The monoisotopic (exact) mass is 723 g/mol. The van der Waals surface area contributed by atoms with Crippen molar-refractivity contribution in [1.29, 1.82) is 0 Å². The molecule has 4 aromatic carbocycles. The second kappa shape index (κ2) is 19.0. The average molecular weight is 724 g/mol. The third-order valence-electron chi connectivity index (χ3n) is 9.96. The topological polar surface area (TPSA) is 165 Å². The number of phenols is 2. The highest BCUT2D eigenvalue weighted by Gasteiger charge is 2.39. The standard InChI is InChI=1S/C41H47N3O6.CH2O2/c1-49-25-23-44-21-19-41(20-22-44,31-7-3-2-4-8-31)35-26-29(11-16-36(35)45)6-5-24-50-32-12-9-30(10-13-32)27-42-28-38(47)33-14-17-37(46)40-34(33)15-18-39(48)43-40;2-1-3/h2-4,7-18,26,38,42,45-47H,5-6,19-25,27-28H2,1H3,(H,43,48);1H,(H,2,3)/t38-;/m0./s1. The van der Waals surface area contributed by atoms with Gasteiger partial charge in [0.05, 0.1) is 24.8 Å². The number of rotatable bonds is 15. The molecule has 0 amide bonds. The summed E-state index contributed by atoms with van der Waals surface area (Å²) in [7, 11) is 1.74. The number of aliphatic hydroxyl groups excluding tert-OH is 1. The van der Waals surface area contributed by atoms with Crippen molar-refractivity contribution in [3.8, 4) is 17.2 Å². The molecule has 1 aliphatic rings. The zero-order chi connectivity index (χ0) is 37.6. The van der Waals surface area contributed by atoms with Gasteiger partial charge in [-0.2, -0.15) is 0 Å². The van der Waals surface area contributed by atoms with Crippen molar-refractivity contribution < 1.29 is 34.7 Å². The number of pyridine rings is 1. The molecule has 11 nitrogen and oxygen atoms in total. The second-order valence-electron chi connectivity index (χ2n) is 13.3. The van der Waals surface area contributed by atoms with E-state index in [4.69, 9.17) is 19.4 Å². The Kier molecular flexibility index (Phi) is 14.0. The molecular formula is C42H49N3O8. The third kappa shape index (κ3) is 10.0. The highest BCUT2D eigenvalue weighted by molar-refractivity contribution is 5.87. The molecule has 53 heavy (non-hydrogen) atoms. The minimum absolute atomic E-state index is 0.0315. The highest BCUT2D eigenvalue weighted by Crippen LogP contribution is 2.45. The molecule has 1 saturated heterocycles. The molecule has 1 aromatic heterocycles. The van der Waals surface area contributed by atoms with E-state index >= 15 is 0 Å². The predicted molar refractivity (Wildman–Crippen MR) is 205 cm³/mol. The van der Waals surface area contributed by atoms with Crippen LogP contribution in [0.15, 0.2) is 102 Å². The number of nitrogens with one attached hydrogen (secondary N) is 2. The van der Waals surface area contributed by atoms with Crippen LogP contribution in [0.4, 0.5) is 0 Å². The molecule has 5 aromatic rings. The van der Waals surface area contributed by atoms with E-state index < -0.39 is 6.10 Å². The number of benzene rings is 4. The Hall–Kier alpha value is -5.20. The van der Waals surface area contributed by atoms with Crippen LogP contribution in [0.1, 0.15) is 53.2 Å². The molecule has 1 atom stereocenters. The van der Waals surface area contributed by atoms with E-state index in [1.165, 1.54) is 23.3 Å². The summed E-state index contributed by atoms with van der Waals surface area (Å²) in [6, 6.07) is 30.8. The summed E-state index contributed by atoms with van der Waals surface area (Å²) >= 11 is 0. The molecular weight excluding hydrogens is 674 g/mol. The van der Waals surface area contributed by atoms with Gasteiger partial charge in [0.1, 0.15) is 17.2 Å². The average Bonchev–Trinajstić information content (AvgIpc) is 3.18. The number of aryl methyl sites for hydroxylation is 1. The van der Waals surface area contributed by atoms with Crippen molar-refractivity contribution in [2.45, 2.75) is 43.7 Å². The molecule has 6 N–H and O–H groups in total. The summed E-state index contributed by atoms with van der Waals surface area (Å²) in [5.74, 6) is 1.12. The number of carbonyl (C=O) groups is 1. The lowest BCUT2D eigenvalue weighted by atomic mass is 9.67. The predicted octanol–water partition coefficient (Wildman–Crippen LogP) is 5.50. The van der Waals surface area contributed by atoms with Crippen LogP contribution < -0.4 is 15.6 Å². The maximum Gasteiger partial charge on any atom is 0.290 e. The van der Waals surface area contributed by atoms with E-state index in [1.54, 1.807) is 19.2 Å².